The highest BCUT2D eigenvalue weighted by atomic mass is 16.5. The number of hydrogen-bond donors (Lipinski definition) is 1. The Kier molecular flexibility index (Phi) is 4.11. The van der Waals surface area contributed by atoms with Crippen LogP contribution >= 0.6 is 0 Å². The number of benzene rings is 1. The predicted molar refractivity (Wildman–Crippen MR) is 72.9 cm³/mol. The molecular formula is C15H15N3O. The maximum Gasteiger partial charge on any atom is 0.219 e. The molecule has 0 aliphatic carbocycles. The number of nitriles is 1. The van der Waals surface area contributed by atoms with Crippen LogP contribution in [0.3, 0.4) is 0 Å². The highest BCUT2D eigenvalue weighted by Crippen LogP contribution is 2.22. The molecule has 2 rings (SSSR count). The molecular weight excluding hydrogens is 238 g/mol. The van der Waals surface area contributed by atoms with E-state index in [1.165, 1.54) is 0 Å². The molecule has 0 aliphatic rings. The topological polar surface area (TPSA) is 57.9 Å². The number of ether oxygens (including phenoxy) is 1. The van der Waals surface area contributed by atoms with Crippen molar-refractivity contribution in [1.82, 2.24) is 10.3 Å². The molecule has 4 heteroatoms. The van der Waals surface area contributed by atoms with Crippen molar-refractivity contribution in [2.45, 2.75) is 13.0 Å². The van der Waals surface area contributed by atoms with Crippen LogP contribution in [0.5, 0.6) is 11.6 Å². The van der Waals surface area contributed by atoms with Gasteiger partial charge in [-0.2, -0.15) is 5.26 Å². The van der Waals surface area contributed by atoms with E-state index in [9.17, 15) is 0 Å². The van der Waals surface area contributed by atoms with E-state index >= 15 is 0 Å². The average Bonchev–Trinajstić information content (AvgIpc) is 2.47. The molecule has 0 spiro atoms. The van der Waals surface area contributed by atoms with Crippen molar-refractivity contribution in [2.24, 2.45) is 0 Å². The summed E-state index contributed by atoms with van der Waals surface area (Å²) in [4.78, 5) is 4.18. The van der Waals surface area contributed by atoms with Crippen molar-refractivity contribution in [3.8, 4) is 17.7 Å². The van der Waals surface area contributed by atoms with Crippen LogP contribution in [0.1, 0.15) is 24.1 Å². The molecule has 1 aromatic heterocycles. The minimum Gasteiger partial charge on any atom is -0.439 e. The van der Waals surface area contributed by atoms with Crippen molar-refractivity contribution in [2.75, 3.05) is 7.05 Å². The van der Waals surface area contributed by atoms with Crippen LogP contribution in [-0.4, -0.2) is 12.0 Å². The zero-order valence-corrected chi connectivity index (χ0v) is 10.9. The van der Waals surface area contributed by atoms with Crippen LogP contribution < -0.4 is 10.1 Å². The first kappa shape index (κ1) is 13.1. The lowest BCUT2D eigenvalue weighted by atomic mass is 10.1. The van der Waals surface area contributed by atoms with Gasteiger partial charge in [0.1, 0.15) is 5.75 Å². The van der Waals surface area contributed by atoms with Crippen molar-refractivity contribution in [1.29, 1.82) is 5.26 Å². The zero-order valence-electron chi connectivity index (χ0n) is 10.9. The van der Waals surface area contributed by atoms with E-state index in [4.69, 9.17) is 10.00 Å². The average molecular weight is 253 g/mol. The first-order valence-corrected chi connectivity index (χ1v) is 6.04. The monoisotopic (exact) mass is 253 g/mol. The standard InChI is InChI=1S/C15H15N3O/c1-11(17-2)13-7-8-18-15(9-13)19-14-5-3-12(10-16)4-6-14/h3-9,11,17H,1-2H3. The first-order chi connectivity index (χ1) is 9.22. The Bertz CT molecular complexity index is 587. The maximum atomic E-state index is 8.73. The van der Waals surface area contributed by atoms with Gasteiger partial charge in [0.2, 0.25) is 5.88 Å². The molecule has 96 valence electrons. The number of aromatic nitrogens is 1. The predicted octanol–water partition coefficient (Wildman–Crippen LogP) is 3.03. The molecule has 0 bridgehead atoms. The van der Waals surface area contributed by atoms with E-state index < -0.39 is 0 Å². The summed E-state index contributed by atoms with van der Waals surface area (Å²) in [6, 6.07) is 13.1. The summed E-state index contributed by atoms with van der Waals surface area (Å²) in [5.74, 6) is 1.21. The van der Waals surface area contributed by atoms with E-state index in [2.05, 4.69) is 23.3 Å². The van der Waals surface area contributed by atoms with E-state index in [0.29, 0.717) is 17.2 Å². The van der Waals surface area contributed by atoms with Gasteiger partial charge in [-0.15, -0.1) is 0 Å². The minimum atomic E-state index is 0.242. The van der Waals surface area contributed by atoms with Crippen LogP contribution in [0, 0.1) is 11.3 Å². The van der Waals surface area contributed by atoms with Crippen molar-refractivity contribution in [3.05, 3.63) is 53.7 Å². The molecule has 1 atom stereocenters. The number of hydrogen-bond acceptors (Lipinski definition) is 4. The summed E-state index contributed by atoms with van der Waals surface area (Å²) in [5.41, 5.74) is 1.72. The molecule has 1 N–H and O–H groups in total. The lowest BCUT2D eigenvalue weighted by molar-refractivity contribution is 0.460. The van der Waals surface area contributed by atoms with E-state index in [1.54, 1.807) is 30.5 Å². The van der Waals surface area contributed by atoms with Gasteiger partial charge in [0.05, 0.1) is 11.6 Å². The Morgan fingerprint density at radius 2 is 2.00 bits per heavy atom. The number of nitrogens with zero attached hydrogens (tertiary/aromatic N) is 2. The number of rotatable bonds is 4. The van der Waals surface area contributed by atoms with E-state index in [1.807, 2.05) is 19.2 Å². The third kappa shape index (κ3) is 3.30. The molecule has 0 saturated carbocycles. The third-order valence-electron chi connectivity index (χ3n) is 2.90. The highest BCUT2D eigenvalue weighted by molar-refractivity contribution is 5.36. The molecule has 0 saturated heterocycles. The summed E-state index contributed by atoms with van der Waals surface area (Å²) < 4.78 is 5.66. The second kappa shape index (κ2) is 5.98. The first-order valence-electron chi connectivity index (χ1n) is 6.04. The molecule has 1 aromatic carbocycles. The second-order valence-electron chi connectivity index (χ2n) is 4.18. The Morgan fingerprint density at radius 3 is 2.63 bits per heavy atom. The molecule has 0 radical (unpaired) electrons. The van der Waals surface area contributed by atoms with E-state index in [-0.39, 0.29) is 6.04 Å². The van der Waals surface area contributed by atoms with Gasteiger partial charge in [-0.1, -0.05) is 0 Å². The van der Waals surface area contributed by atoms with Crippen LogP contribution in [-0.2, 0) is 0 Å². The van der Waals surface area contributed by atoms with Gasteiger partial charge in [-0.3, -0.25) is 0 Å². The SMILES string of the molecule is CNC(C)c1ccnc(Oc2ccc(C#N)cc2)c1. The largest absolute Gasteiger partial charge is 0.439 e. The summed E-state index contributed by atoms with van der Waals surface area (Å²) in [5, 5.41) is 11.9. The Hall–Kier alpha value is -2.38. The lowest BCUT2D eigenvalue weighted by Crippen LogP contribution is -2.12. The Balaban J connectivity index is 2.16. The fourth-order valence-electron chi connectivity index (χ4n) is 1.63. The summed E-state index contributed by atoms with van der Waals surface area (Å²) in [7, 11) is 1.91. The Labute approximate surface area is 112 Å². The molecule has 1 heterocycles. The number of pyridine rings is 1. The zero-order chi connectivity index (χ0) is 13.7. The van der Waals surface area contributed by atoms with Gasteiger partial charge in [0.15, 0.2) is 0 Å². The second-order valence-corrected chi connectivity index (χ2v) is 4.18. The molecule has 0 amide bonds. The smallest absolute Gasteiger partial charge is 0.219 e. The normalized spacial score (nSPS) is 11.6. The quantitative estimate of drug-likeness (QED) is 0.909. The van der Waals surface area contributed by atoms with Crippen LogP contribution in [0.15, 0.2) is 42.6 Å². The lowest BCUT2D eigenvalue weighted by Gasteiger charge is -2.11. The minimum absolute atomic E-state index is 0.242. The van der Waals surface area contributed by atoms with Crippen LogP contribution in [0.25, 0.3) is 0 Å². The van der Waals surface area contributed by atoms with Gasteiger partial charge in [-0.25, -0.2) is 4.98 Å². The molecule has 1 unspecified atom stereocenters. The van der Waals surface area contributed by atoms with Gasteiger partial charge >= 0.3 is 0 Å². The summed E-state index contributed by atoms with van der Waals surface area (Å²) in [6.07, 6.45) is 1.72. The highest BCUT2D eigenvalue weighted by Gasteiger charge is 2.05. The van der Waals surface area contributed by atoms with E-state index in [0.717, 1.165) is 5.56 Å². The molecule has 19 heavy (non-hydrogen) atoms. The fourth-order valence-corrected chi connectivity index (χ4v) is 1.63. The van der Waals surface area contributed by atoms with Crippen molar-refractivity contribution < 1.29 is 4.74 Å². The van der Waals surface area contributed by atoms with Gasteiger partial charge < -0.3 is 10.1 Å². The molecule has 4 nitrogen and oxygen atoms in total. The summed E-state index contributed by atoms with van der Waals surface area (Å²) >= 11 is 0. The molecule has 2 aromatic rings. The van der Waals surface area contributed by atoms with Crippen LogP contribution in [0.4, 0.5) is 0 Å². The maximum absolute atomic E-state index is 8.73. The number of nitrogens with one attached hydrogen (secondary N) is 1. The van der Waals surface area contributed by atoms with Crippen molar-refractivity contribution in [3.63, 3.8) is 0 Å². The van der Waals surface area contributed by atoms with Gasteiger partial charge in [0, 0.05) is 18.3 Å². The Morgan fingerprint density at radius 1 is 1.26 bits per heavy atom. The van der Waals surface area contributed by atoms with Crippen molar-refractivity contribution >= 4 is 0 Å². The fraction of sp³-hybridized carbons (Fsp3) is 0.200. The van der Waals surface area contributed by atoms with Crippen LogP contribution in [0.2, 0.25) is 0 Å². The molecule has 0 aliphatic heterocycles. The summed E-state index contributed by atoms with van der Waals surface area (Å²) in [6.45, 7) is 2.07. The molecule has 0 fully saturated rings. The third-order valence-corrected chi connectivity index (χ3v) is 2.90. The van der Waals surface area contributed by atoms with Gasteiger partial charge in [-0.05, 0) is 49.9 Å². The van der Waals surface area contributed by atoms with Gasteiger partial charge in [0.25, 0.3) is 0 Å².